The van der Waals surface area contributed by atoms with Crippen molar-refractivity contribution < 1.29 is 12.6 Å². The zero-order chi connectivity index (χ0) is 13.5. The molecule has 98 valence electrons. The van der Waals surface area contributed by atoms with Crippen molar-refractivity contribution in [2.45, 2.75) is 0 Å². The molecule has 0 aliphatic carbocycles. The Morgan fingerprint density at radius 3 is 2.42 bits per heavy atom. The fraction of sp³-hybridized carbons (Fsp3) is 0.133. The third kappa shape index (κ3) is 4.04. The molecule has 0 radical (unpaired) electrons. The smallest absolute Gasteiger partial charge is 0.193 e. The molecule has 0 aromatic heterocycles. The van der Waals surface area contributed by atoms with E-state index in [2.05, 4.69) is 0 Å². The van der Waals surface area contributed by atoms with Crippen LogP contribution in [-0.4, -0.2) is 19.0 Å². The van der Waals surface area contributed by atoms with Gasteiger partial charge in [-0.3, -0.25) is 4.79 Å². The van der Waals surface area contributed by atoms with Crippen molar-refractivity contribution in [3.8, 4) is 5.75 Å². The van der Waals surface area contributed by atoms with Gasteiger partial charge in [-0.15, -0.1) is 0 Å². The molecule has 0 fully saturated rings. The van der Waals surface area contributed by atoms with Crippen LogP contribution in [0, 0.1) is 0 Å². The van der Waals surface area contributed by atoms with Gasteiger partial charge in [0.25, 0.3) is 0 Å². The van der Waals surface area contributed by atoms with Crippen molar-refractivity contribution in [2.24, 2.45) is 0 Å². The Balaban J connectivity index is 2.12. The molecule has 0 aliphatic heterocycles. The van der Waals surface area contributed by atoms with Crippen molar-refractivity contribution in [1.29, 1.82) is 0 Å². The van der Waals surface area contributed by atoms with E-state index in [4.69, 9.17) is 7.80 Å². The number of rotatable bonds is 6. The molecule has 0 atom stereocenters. The Bertz CT molecular complexity index is 540. The molecule has 0 N–H and O–H groups in total. The molecule has 0 unspecified atom stereocenters. The number of halogens is 1. The zero-order valence-corrected chi connectivity index (χ0v) is 12.4. The molecule has 4 heteroatoms. The minimum absolute atomic E-state index is 0.00353. The zero-order valence-electron chi connectivity index (χ0n) is 10.2. The molecule has 2 aromatic rings. The highest BCUT2D eigenvalue weighted by molar-refractivity contribution is 14.1. The van der Waals surface area contributed by atoms with Crippen LogP contribution in [0.2, 0.25) is 0 Å². The predicted molar refractivity (Wildman–Crippen MR) is 81.8 cm³/mol. The van der Waals surface area contributed by atoms with Gasteiger partial charge < -0.3 is 7.80 Å². The molecule has 2 aromatic carbocycles. The van der Waals surface area contributed by atoms with Gasteiger partial charge in [0.15, 0.2) is 5.78 Å². The van der Waals surface area contributed by atoms with Crippen LogP contribution in [0.4, 0.5) is 0 Å². The number of ether oxygens (including phenoxy) is 1. The maximum Gasteiger partial charge on any atom is 0.193 e. The molecule has 0 saturated carbocycles. The minimum atomic E-state index is -0.00353. The summed E-state index contributed by atoms with van der Waals surface area (Å²) in [5.74, 6) is 0.673. The first-order chi connectivity index (χ1) is 9.31. The fourth-order valence-corrected chi connectivity index (χ4v) is 1.85. The maximum atomic E-state index is 12.2. The largest absolute Gasteiger partial charge is 0.491 e. The standard InChI is InChI=1S/C15H13IO3/c16-19-10-9-18-14-8-4-7-13(11-14)15(17)12-5-2-1-3-6-12/h1-8,11H,9-10H2. The van der Waals surface area contributed by atoms with Crippen molar-refractivity contribution in [2.75, 3.05) is 13.2 Å². The summed E-state index contributed by atoms with van der Waals surface area (Å²) < 4.78 is 10.4. The van der Waals surface area contributed by atoms with Crippen LogP contribution < -0.4 is 4.74 Å². The third-order valence-electron chi connectivity index (χ3n) is 2.56. The number of benzene rings is 2. The quantitative estimate of drug-likeness (QED) is 0.444. The molecule has 0 saturated heterocycles. The van der Waals surface area contributed by atoms with Crippen molar-refractivity contribution >= 4 is 28.8 Å². The van der Waals surface area contributed by atoms with E-state index in [1.54, 1.807) is 24.3 Å². The summed E-state index contributed by atoms with van der Waals surface area (Å²) in [6.45, 7) is 0.976. The second kappa shape index (κ2) is 7.25. The van der Waals surface area contributed by atoms with Crippen LogP contribution in [0.15, 0.2) is 54.6 Å². The van der Waals surface area contributed by atoms with Gasteiger partial charge in [-0.25, -0.2) is 0 Å². The van der Waals surface area contributed by atoms with Crippen LogP contribution >= 0.6 is 23.0 Å². The minimum Gasteiger partial charge on any atom is -0.491 e. The van der Waals surface area contributed by atoms with Crippen molar-refractivity contribution in [1.82, 2.24) is 0 Å². The van der Waals surface area contributed by atoms with E-state index in [-0.39, 0.29) is 5.78 Å². The molecule has 0 bridgehead atoms. The molecule has 2 rings (SSSR count). The van der Waals surface area contributed by atoms with Gasteiger partial charge in [-0.05, 0) is 12.1 Å². The molecule has 0 aliphatic rings. The Hall–Kier alpha value is -1.40. The molecular weight excluding hydrogens is 355 g/mol. The molecule has 0 amide bonds. The third-order valence-corrected chi connectivity index (χ3v) is 3.00. The lowest BCUT2D eigenvalue weighted by Crippen LogP contribution is -2.04. The molecule has 19 heavy (non-hydrogen) atoms. The first-order valence-electron chi connectivity index (χ1n) is 5.87. The van der Waals surface area contributed by atoms with Crippen LogP contribution in [0.3, 0.4) is 0 Å². The Labute approximate surface area is 126 Å². The summed E-state index contributed by atoms with van der Waals surface area (Å²) in [4.78, 5) is 12.2. The summed E-state index contributed by atoms with van der Waals surface area (Å²) >= 11 is 1.82. The highest BCUT2D eigenvalue weighted by Crippen LogP contribution is 2.16. The second-order valence-corrected chi connectivity index (χ2v) is 4.51. The number of carbonyl (C=O) groups is 1. The van der Waals surface area contributed by atoms with Crippen LogP contribution in [0.5, 0.6) is 5.75 Å². The molecular formula is C15H13IO3. The monoisotopic (exact) mass is 368 g/mol. The van der Waals surface area contributed by atoms with E-state index in [9.17, 15) is 4.79 Å². The fourth-order valence-electron chi connectivity index (χ4n) is 1.67. The Kier molecular flexibility index (Phi) is 5.35. The highest BCUT2D eigenvalue weighted by atomic mass is 127. The number of carbonyl (C=O) groups excluding carboxylic acids is 1. The Morgan fingerprint density at radius 2 is 1.68 bits per heavy atom. The number of hydrogen-bond acceptors (Lipinski definition) is 3. The first kappa shape index (κ1) is 14.0. The van der Waals surface area contributed by atoms with Gasteiger partial charge in [0, 0.05) is 11.1 Å². The summed E-state index contributed by atoms with van der Waals surface area (Å²) in [5, 5.41) is 0. The van der Waals surface area contributed by atoms with E-state index < -0.39 is 0 Å². The van der Waals surface area contributed by atoms with Crippen LogP contribution in [-0.2, 0) is 3.07 Å². The highest BCUT2D eigenvalue weighted by Gasteiger charge is 2.09. The lowest BCUT2D eigenvalue weighted by Gasteiger charge is -2.07. The van der Waals surface area contributed by atoms with Gasteiger partial charge in [-0.2, -0.15) is 0 Å². The van der Waals surface area contributed by atoms with Gasteiger partial charge in [0.1, 0.15) is 35.4 Å². The lowest BCUT2D eigenvalue weighted by atomic mass is 10.0. The van der Waals surface area contributed by atoms with Crippen molar-refractivity contribution in [3.63, 3.8) is 0 Å². The van der Waals surface area contributed by atoms with Crippen molar-refractivity contribution in [3.05, 3.63) is 65.7 Å². The summed E-state index contributed by atoms with van der Waals surface area (Å²) in [6.07, 6.45) is 0. The van der Waals surface area contributed by atoms with E-state index in [1.807, 2.05) is 53.3 Å². The van der Waals surface area contributed by atoms with Gasteiger partial charge in [0.05, 0.1) is 6.61 Å². The summed E-state index contributed by atoms with van der Waals surface area (Å²) in [6, 6.07) is 16.4. The second-order valence-electron chi connectivity index (χ2n) is 3.88. The molecule has 0 heterocycles. The SMILES string of the molecule is O=C(c1ccccc1)c1cccc(OCCOI)c1. The van der Waals surface area contributed by atoms with E-state index in [0.29, 0.717) is 30.1 Å². The number of ketones is 1. The van der Waals surface area contributed by atoms with E-state index in [0.717, 1.165) is 0 Å². The topological polar surface area (TPSA) is 35.5 Å². The average molecular weight is 368 g/mol. The predicted octanol–water partition coefficient (Wildman–Crippen LogP) is 3.66. The van der Waals surface area contributed by atoms with Gasteiger partial charge >= 0.3 is 0 Å². The average Bonchev–Trinajstić information content (AvgIpc) is 2.48. The first-order valence-corrected chi connectivity index (χ1v) is 6.75. The Morgan fingerprint density at radius 1 is 0.947 bits per heavy atom. The molecule has 3 nitrogen and oxygen atoms in total. The summed E-state index contributed by atoms with van der Waals surface area (Å²) in [7, 11) is 0. The lowest BCUT2D eigenvalue weighted by molar-refractivity contribution is 0.103. The van der Waals surface area contributed by atoms with Gasteiger partial charge in [0.2, 0.25) is 0 Å². The van der Waals surface area contributed by atoms with Crippen LogP contribution in [0.25, 0.3) is 0 Å². The normalized spacial score (nSPS) is 10.2. The van der Waals surface area contributed by atoms with E-state index >= 15 is 0 Å². The van der Waals surface area contributed by atoms with Gasteiger partial charge in [-0.1, -0.05) is 42.5 Å². The maximum absolute atomic E-state index is 12.2. The van der Waals surface area contributed by atoms with Crippen LogP contribution in [0.1, 0.15) is 15.9 Å². The van der Waals surface area contributed by atoms with E-state index in [1.165, 1.54) is 0 Å². The molecule has 0 spiro atoms. The number of hydrogen-bond donors (Lipinski definition) is 0. The summed E-state index contributed by atoms with van der Waals surface area (Å²) in [5.41, 5.74) is 1.30.